The van der Waals surface area contributed by atoms with Gasteiger partial charge in [-0.25, -0.2) is 13.1 Å². The smallest absolute Gasteiger partial charge is 0.241 e. The summed E-state index contributed by atoms with van der Waals surface area (Å²) in [5, 5.41) is 3.99. The lowest BCUT2D eigenvalue weighted by Gasteiger charge is -2.10. The zero-order chi connectivity index (χ0) is 15.6. The van der Waals surface area contributed by atoms with Gasteiger partial charge in [-0.05, 0) is 30.7 Å². The zero-order valence-electron chi connectivity index (χ0n) is 11.7. The highest BCUT2D eigenvalue weighted by atomic mass is 32.2. The average molecular weight is 324 g/mol. The van der Waals surface area contributed by atoms with Gasteiger partial charge in [0.1, 0.15) is 4.99 Å². The molecule has 0 atom stereocenters. The van der Waals surface area contributed by atoms with Gasteiger partial charge in [0.25, 0.3) is 0 Å². The van der Waals surface area contributed by atoms with Gasteiger partial charge in [-0.3, -0.25) is 4.68 Å². The first kappa shape index (κ1) is 15.6. The molecule has 2 aromatic rings. The monoisotopic (exact) mass is 324 g/mol. The number of hydrogen-bond donors (Lipinski definition) is 2. The van der Waals surface area contributed by atoms with E-state index in [1.807, 2.05) is 0 Å². The van der Waals surface area contributed by atoms with Gasteiger partial charge in [-0.15, -0.1) is 0 Å². The van der Waals surface area contributed by atoms with Crippen molar-refractivity contribution in [2.75, 3.05) is 0 Å². The number of rotatable bonds is 5. The van der Waals surface area contributed by atoms with Crippen LogP contribution >= 0.6 is 12.2 Å². The molecule has 0 unspecified atom stereocenters. The molecule has 0 saturated heterocycles. The molecule has 0 saturated carbocycles. The van der Waals surface area contributed by atoms with Crippen LogP contribution in [-0.2, 0) is 23.6 Å². The van der Waals surface area contributed by atoms with Gasteiger partial charge in [-0.2, -0.15) is 5.10 Å². The van der Waals surface area contributed by atoms with Crippen molar-refractivity contribution in [3.8, 4) is 0 Å². The van der Waals surface area contributed by atoms with Crippen LogP contribution in [0.5, 0.6) is 0 Å². The predicted octanol–water partition coefficient (Wildman–Crippen LogP) is 0.841. The number of nitrogens with one attached hydrogen (secondary N) is 1. The van der Waals surface area contributed by atoms with Crippen LogP contribution in [0.4, 0.5) is 0 Å². The summed E-state index contributed by atoms with van der Waals surface area (Å²) < 4.78 is 28.8. The van der Waals surface area contributed by atoms with Crippen molar-refractivity contribution in [1.29, 1.82) is 0 Å². The lowest BCUT2D eigenvalue weighted by atomic mass is 10.1. The molecule has 0 amide bonds. The molecular formula is C13H16N4O2S2. The van der Waals surface area contributed by atoms with E-state index in [0.717, 1.165) is 5.69 Å². The number of aryl methyl sites for hydroxylation is 2. The van der Waals surface area contributed by atoms with E-state index >= 15 is 0 Å². The summed E-state index contributed by atoms with van der Waals surface area (Å²) in [6, 6.07) is 6.54. The van der Waals surface area contributed by atoms with Gasteiger partial charge in [0.15, 0.2) is 0 Å². The number of nitrogens with two attached hydrogens (primary N) is 1. The number of hydrogen-bond acceptors (Lipinski definition) is 4. The second-order valence-corrected chi connectivity index (χ2v) is 6.79. The molecule has 6 nitrogen and oxygen atoms in total. The maximum atomic E-state index is 12.3. The third-order valence-electron chi connectivity index (χ3n) is 3.11. The van der Waals surface area contributed by atoms with Crippen LogP contribution < -0.4 is 10.5 Å². The highest BCUT2D eigenvalue weighted by Crippen LogP contribution is 2.17. The van der Waals surface area contributed by atoms with E-state index in [1.165, 1.54) is 6.07 Å². The van der Waals surface area contributed by atoms with Crippen molar-refractivity contribution in [3.05, 3.63) is 47.3 Å². The highest BCUT2D eigenvalue weighted by Gasteiger charge is 2.17. The van der Waals surface area contributed by atoms with E-state index in [1.54, 1.807) is 43.0 Å². The second kappa shape index (κ2) is 5.92. The van der Waals surface area contributed by atoms with Crippen LogP contribution in [0.25, 0.3) is 0 Å². The Morgan fingerprint density at radius 2 is 2.14 bits per heavy atom. The molecule has 0 fully saturated rings. The minimum absolute atomic E-state index is 0.176. The first-order chi connectivity index (χ1) is 9.81. The number of sulfonamides is 1. The summed E-state index contributed by atoms with van der Waals surface area (Å²) in [7, 11) is -1.85. The predicted molar refractivity (Wildman–Crippen MR) is 84.3 cm³/mol. The first-order valence-corrected chi connectivity index (χ1v) is 8.07. The third-order valence-corrected chi connectivity index (χ3v) is 4.91. The lowest BCUT2D eigenvalue weighted by molar-refractivity contribution is 0.576. The van der Waals surface area contributed by atoms with Crippen LogP contribution in [0.3, 0.4) is 0 Å². The quantitative estimate of drug-likeness (QED) is 0.796. The van der Waals surface area contributed by atoms with Crippen molar-refractivity contribution in [3.63, 3.8) is 0 Å². The maximum absolute atomic E-state index is 12.3. The minimum Gasteiger partial charge on any atom is -0.389 e. The Bertz CT molecular complexity index is 781. The van der Waals surface area contributed by atoms with Crippen molar-refractivity contribution in [2.24, 2.45) is 12.8 Å². The fourth-order valence-electron chi connectivity index (χ4n) is 1.93. The van der Waals surface area contributed by atoms with E-state index in [9.17, 15) is 8.42 Å². The molecule has 0 bridgehead atoms. The van der Waals surface area contributed by atoms with Gasteiger partial charge < -0.3 is 5.73 Å². The van der Waals surface area contributed by atoms with E-state index in [2.05, 4.69) is 9.82 Å². The Morgan fingerprint density at radius 3 is 2.67 bits per heavy atom. The van der Waals surface area contributed by atoms with Gasteiger partial charge in [0, 0.05) is 18.8 Å². The fourth-order valence-corrected chi connectivity index (χ4v) is 3.28. The number of aromatic nitrogens is 2. The van der Waals surface area contributed by atoms with E-state index in [4.69, 9.17) is 18.0 Å². The lowest BCUT2D eigenvalue weighted by Crippen LogP contribution is -2.25. The van der Waals surface area contributed by atoms with Crippen molar-refractivity contribution < 1.29 is 8.42 Å². The molecule has 0 radical (unpaired) electrons. The molecule has 0 aliphatic carbocycles. The molecule has 0 aliphatic heterocycles. The van der Waals surface area contributed by atoms with E-state index in [0.29, 0.717) is 11.1 Å². The summed E-state index contributed by atoms with van der Waals surface area (Å²) in [5.41, 5.74) is 7.55. The van der Waals surface area contributed by atoms with Gasteiger partial charge in [-0.1, -0.05) is 18.3 Å². The normalized spacial score (nSPS) is 11.5. The summed E-state index contributed by atoms with van der Waals surface area (Å²) in [4.78, 5) is 0.453. The van der Waals surface area contributed by atoms with Crippen LogP contribution in [0, 0.1) is 6.92 Å². The molecular weight excluding hydrogens is 308 g/mol. The Kier molecular flexibility index (Phi) is 4.40. The average Bonchev–Trinajstić information content (AvgIpc) is 2.81. The van der Waals surface area contributed by atoms with Crippen LogP contribution in [0.2, 0.25) is 0 Å². The number of benzene rings is 1. The maximum Gasteiger partial charge on any atom is 0.241 e. The van der Waals surface area contributed by atoms with Gasteiger partial charge >= 0.3 is 0 Å². The minimum atomic E-state index is -3.60. The molecule has 0 spiro atoms. The molecule has 0 aliphatic rings. The summed E-state index contributed by atoms with van der Waals surface area (Å²) in [6.45, 7) is 1.88. The molecule has 1 heterocycles. The van der Waals surface area contributed by atoms with Crippen molar-refractivity contribution in [1.82, 2.24) is 14.5 Å². The Labute approximate surface area is 129 Å². The van der Waals surface area contributed by atoms with Crippen molar-refractivity contribution >= 4 is 27.2 Å². The first-order valence-electron chi connectivity index (χ1n) is 6.18. The highest BCUT2D eigenvalue weighted by molar-refractivity contribution is 7.89. The SMILES string of the molecule is Cc1cc(C(N)=S)ccc1S(=O)(=O)NCc1ccnn1C. The van der Waals surface area contributed by atoms with Crippen LogP contribution in [0.1, 0.15) is 16.8 Å². The van der Waals surface area contributed by atoms with Crippen LogP contribution in [-0.4, -0.2) is 23.2 Å². The Morgan fingerprint density at radius 1 is 1.43 bits per heavy atom. The molecule has 112 valence electrons. The van der Waals surface area contributed by atoms with Gasteiger partial charge in [0.05, 0.1) is 17.1 Å². The molecule has 1 aromatic heterocycles. The summed E-state index contributed by atoms with van der Waals surface area (Å²) in [6.07, 6.45) is 1.62. The second-order valence-electron chi connectivity index (χ2n) is 4.62. The van der Waals surface area contributed by atoms with Gasteiger partial charge in [0.2, 0.25) is 10.0 Å². The molecule has 3 N–H and O–H groups in total. The molecule has 21 heavy (non-hydrogen) atoms. The third kappa shape index (κ3) is 3.46. The summed E-state index contributed by atoms with van der Waals surface area (Å²) in [5.74, 6) is 0. The Hall–Kier alpha value is -1.77. The largest absolute Gasteiger partial charge is 0.389 e. The molecule has 1 aromatic carbocycles. The zero-order valence-corrected chi connectivity index (χ0v) is 13.3. The van der Waals surface area contributed by atoms with E-state index < -0.39 is 10.0 Å². The molecule has 8 heteroatoms. The van der Waals surface area contributed by atoms with Crippen molar-refractivity contribution in [2.45, 2.75) is 18.4 Å². The molecule has 2 rings (SSSR count). The summed E-state index contributed by atoms with van der Waals surface area (Å²) >= 11 is 4.88. The number of thiocarbonyl (C=S) groups is 1. The van der Waals surface area contributed by atoms with Crippen LogP contribution in [0.15, 0.2) is 35.4 Å². The topological polar surface area (TPSA) is 90.0 Å². The Balaban J connectivity index is 2.23. The number of nitrogens with zero attached hydrogens (tertiary/aromatic N) is 2. The fraction of sp³-hybridized carbons (Fsp3) is 0.231. The van der Waals surface area contributed by atoms with E-state index in [-0.39, 0.29) is 16.4 Å². The standard InChI is InChI=1S/C13H16N4O2S2/c1-9-7-10(13(14)20)3-4-12(9)21(18,19)16-8-11-5-6-15-17(11)2/h3-7,16H,8H2,1-2H3,(H2,14,20).